The summed E-state index contributed by atoms with van der Waals surface area (Å²) in [6, 6.07) is 4.79. The maximum absolute atomic E-state index is 13.7. The van der Waals surface area contributed by atoms with Crippen molar-refractivity contribution in [3.63, 3.8) is 0 Å². The smallest absolute Gasteiger partial charge is 0.225 e. The fourth-order valence-electron chi connectivity index (χ4n) is 2.21. The molecule has 6 heteroatoms. The summed E-state index contributed by atoms with van der Waals surface area (Å²) in [5, 5.41) is 3.17. The van der Waals surface area contributed by atoms with E-state index in [9.17, 15) is 9.18 Å². The van der Waals surface area contributed by atoms with Crippen molar-refractivity contribution >= 4 is 34.2 Å². The molecule has 1 atom stereocenters. The third kappa shape index (κ3) is 3.93. The number of carbonyl (C=O) groups is 1. The van der Waals surface area contributed by atoms with Gasteiger partial charge in [0, 0.05) is 29.5 Å². The molecule has 1 aliphatic heterocycles. The first-order chi connectivity index (χ1) is 8.99. The maximum atomic E-state index is 13.7. The average molecular weight is 366 g/mol. The number of amides is 1. The van der Waals surface area contributed by atoms with Gasteiger partial charge >= 0.3 is 0 Å². The minimum absolute atomic E-state index is 0. The van der Waals surface area contributed by atoms with Crippen LogP contribution < -0.4 is 5.32 Å². The summed E-state index contributed by atoms with van der Waals surface area (Å²) in [7, 11) is 1.73. The van der Waals surface area contributed by atoms with Crippen LogP contribution in [0.5, 0.6) is 0 Å². The van der Waals surface area contributed by atoms with E-state index < -0.39 is 0 Å². The summed E-state index contributed by atoms with van der Waals surface area (Å²) >= 11 is 3.32. The van der Waals surface area contributed by atoms with Gasteiger partial charge in [-0.25, -0.2) is 4.39 Å². The van der Waals surface area contributed by atoms with Crippen LogP contribution in [0, 0.1) is 17.7 Å². The molecule has 0 radical (unpaired) electrons. The Morgan fingerprint density at radius 3 is 2.75 bits per heavy atom. The highest BCUT2D eigenvalue weighted by Gasteiger charge is 2.30. The van der Waals surface area contributed by atoms with Gasteiger partial charge in [0.15, 0.2) is 0 Å². The Bertz CT molecular complexity index is 482. The van der Waals surface area contributed by atoms with Crippen LogP contribution in [0.4, 0.5) is 4.39 Å². The molecule has 1 amide bonds. The molecule has 0 saturated carbocycles. The third-order valence-corrected chi connectivity index (χ3v) is 4.19. The summed E-state index contributed by atoms with van der Waals surface area (Å²) in [6.07, 6.45) is 0. The normalized spacial score (nSPS) is 16.0. The van der Waals surface area contributed by atoms with Crippen LogP contribution in [0.3, 0.4) is 0 Å². The molecule has 1 fully saturated rings. The van der Waals surface area contributed by atoms with Gasteiger partial charge in [0.05, 0.1) is 0 Å². The molecule has 112 valence electrons. The average Bonchev–Trinajstić information content (AvgIpc) is 2.30. The molecular weight excluding hydrogens is 347 g/mol. The summed E-state index contributed by atoms with van der Waals surface area (Å²) < 4.78 is 14.5. The van der Waals surface area contributed by atoms with Crippen molar-refractivity contribution < 1.29 is 9.18 Å². The minimum atomic E-state index is -0.277. The van der Waals surface area contributed by atoms with Gasteiger partial charge in [0.2, 0.25) is 5.91 Å². The van der Waals surface area contributed by atoms with Crippen molar-refractivity contribution in [3.05, 3.63) is 34.1 Å². The Kier molecular flexibility index (Phi) is 6.43. The van der Waals surface area contributed by atoms with Crippen molar-refractivity contribution in [1.29, 1.82) is 0 Å². The van der Waals surface area contributed by atoms with Crippen molar-refractivity contribution in [1.82, 2.24) is 10.2 Å². The van der Waals surface area contributed by atoms with Crippen molar-refractivity contribution in [2.75, 3.05) is 20.1 Å². The van der Waals surface area contributed by atoms with Gasteiger partial charge in [0.1, 0.15) is 5.82 Å². The lowest BCUT2D eigenvalue weighted by atomic mass is 9.88. The zero-order chi connectivity index (χ0) is 14.0. The molecule has 1 aromatic carbocycles. The lowest BCUT2D eigenvalue weighted by Gasteiger charge is -2.34. The van der Waals surface area contributed by atoms with Crippen LogP contribution in [0.2, 0.25) is 0 Å². The van der Waals surface area contributed by atoms with Gasteiger partial charge in [0.25, 0.3) is 0 Å². The van der Waals surface area contributed by atoms with E-state index in [-0.39, 0.29) is 30.0 Å². The van der Waals surface area contributed by atoms with Crippen LogP contribution in [-0.2, 0) is 11.3 Å². The van der Waals surface area contributed by atoms with Gasteiger partial charge in [-0.1, -0.05) is 22.9 Å². The highest BCUT2D eigenvalue weighted by Crippen LogP contribution is 2.21. The van der Waals surface area contributed by atoms with Crippen molar-refractivity contribution in [2.24, 2.45) is 11.8 Å². The van der Waals surface area contributed by atoms with Gasteiger partial charge in [-0.15, -0.1) is 12.4 Å². The molecule has 1 unspecified atom stereocenters. The first-order valence-electron chi connectivity index (χ1n) is 6.38. The lowest BCUT2D eigenvalue weighted by Crippen LogP contribution is -2.49. The van der Waals surface area contributed by atoms with E-state index in [1.807, 2.05) is 6.92 Å². The monoisotopic (exact) mass is 364 g/mol. The molecule has 0 bridgehead atoms. The Hall–Kier alpha value is -0.650. The number of hydrogen-bond acceptors (Lipinski definition) is 2. The standard InChI is InChI=1S/C14H18BrFN2O.ClH/c1-9(11-6-17-7-11)14(19)18(2)8-10-5-12(15)3-4-13(10)16;/h3-5,9,11,17H,6-8H2,1-2H3;1H. The first kappa shape index (κ1) is 17.4. The predicted octanol–water partition coefficient (Wildman–Crippen LogP) is 2.82. The van der Waals surface area contributed by atoms with Crippen molar-refractivity contribution in [2.45, 2.75) is 13.5 Å². The Balaban J connectivity index is 0.00000200. The zero-order valence-corrected chi connectivity index (χ0v) is 13.9. The Morgan fingerprint density at radius 2 is 2.20 bits per heavy atom. The summed E-state index contributed by atoms with van der Waals surface area (Å²) in [4.78, 5) is 13.8. The van der Waals surface area contributed by atoms with Crippen LogP contribution in [0.25, 0.3) is 0 Å². The number of nitrogens with zero attached hydrogens (tertiary/aromatic N) is 1. The molecule has 0 aromatic heterocycles. The van der Waals surface area contributed by atoms with E-state index in [1.165, 1.54) is 6.07 Å². The second kappa shape index (κ2) is 7.38. The molecule has 3 nitrogen and oxygen atoms in total. The number of halogens is 3. The fourth-order valence-corrected chi connectivity index (χ4v) is 2.62. The zero-order valence-electron chi connectivity index (χ0n) is 11.5. The van der Waals surface area contributed by atoms with Crippen LogP contribution >= 0.6 is 28.3 Å². The molecule has 0 aliphatic carbocycles. The molecule has 0 spiro atoms. The molecule has 1 aromatic rings. The van der Waals surface area contributed by atoms with Gasteiger partial charge in [-0.3, -0.25) is 4.79 Å². The quantitative estimate of drug-likeness (QED) is 0.890. The lowest BCUT2D eigenvalue weighted by molar-refractivity contribution is -0.136. The van der Waals surface area contributed by atoms with E-state index in [2.05, 4.69) is 21.2 Å². The predicted molar refractivity (Wildman–Crippen MR) is 83.3 cm³/mol. The second-order valence-corrected chi connectivity index (χ2v) is 6.05. The Morgan fingerprint density at radius 1 is 1.55 bits per heavy atom. The van der Waals surface area contributed by atoms with E-state index in [0.29, 0.717) is 18.0 Å². The molecule has 1 heterocycles. The second-order valence-electron chi connectivity index (χ2n) is 5.14. The molecule has 1 N–H and O–H groups in total. The van der Waals surface area contributed by atoms with E-state index in [4.69, 9.17) is 0 Å². The first-order valence-corrected chi connectivity index (χ1v) is 7.18. The van der Waals surface area contributed by atoms with Gasteiger partial charge in [-0.2, -0.15) is 0 Å². The van der Waals surface area contributed by atoms with Gasteiger partial charge < -0.3 is 10.2 Å². The minimum Gasteiger partial charge on any atom is -0.341 e. The van der Waals surface area contributed by atoms with Crippen LogP contribution in [-0.4, -0.2) is 30.9 Å². The number of carbonyl (C=O) groups excluding carboxylic acids is 1. The number of rotatable bonds is 4. The van der Waals surface area contributed by atoms with E-state index in [1.54, 1.807) is 24.1 Å². The van der Waals surface area contributed by atoms with Crippen molar-refractivity contribution in [3.8, 4) is 0 Å². The molecule has 20 heavy (non-hydrogen) atoms. The maximum Gasteiger partial charge on any atom is 0.225 e. The largest absolute Gasteiger partial charge is 0.341 e. The van der Waals surface area contributed by atoms with Gasteiger partial charge in [-0.05, 0) is 37.2 Å². The molecule has 2 rings (SSSR count). The third-order valence-electron chi connectivity index (χ3n) is 3.70. The molecular formula is C14H19BrClFN2O. The highest BCUT2D eigenvalue weighted by atomic mass is 79.9. The Labute approximate surface area is 133 Å². The summed E-state index contributed by atoms with van der Waals surface area (Å²) in [5.41, 5.74) is 0.532. The number of benzene rings is 1. The van der Waals surface area contributed by atoms with Crippen LogP contribution in [0.1, 0.15) is 12.5 Å². The fraction of sp³-hybridized carbons (Fsp3) is 0.500. The summed E-state index contributed by atoms with van der Waals surface area (Å²) in [6.45, 7) is 4.04. The SMILES string of the molecule is CC(C(=O)N(C)Cc1cc(Br)ccc1F)C1CNC1.Cl. The van der Waals surface area contributed by atoms with E-state index >= 15 is 0 Å². The van der Waals surface area contributed by atoms with E-state index in [0.717, 1.165) is 17.6 Å². The summed E-state index contributed by atoms with van der Waals surface area (Å²) in [5.74, 6) is 0.190. The number of hydrogen-bond donors (Lipinski definition) is 1. The molecule has 1 saturated heterocycles. The molecule has 1 aliphatic rings. The highest BCUT2D eigenvalue weighted by molar-refractivity contribution is 9.10. The number of nitrogens with one attached hydrogen (secondary N) is 1. The van der Waals surface area contributed by atoms with Crippen LogP contribution in [0.15, 0.2) is 22.7 Å². The topological polar surface area (TPSA) is 32.3 Å².